The zero-order valence-corrected chi connectivity index (χ0v) is 11.3. The molecule has 4 N–H and O–H groups in total. The van der Waals surface area contributed by atoms with Crippen molar-refractivity contribution < 1.29 is 14.9 Å². The third-order valence-corrected chi connectivity index (χ3v) is 3.45. The number of hydrogen-bond donors (Lipinski definition) is 3. The first-order valence-electron chi connectivity index (χ1n) is 5.72. The van der Waals surface area contributed by atoms with E-state index in [4.69, 9.17) is 22.1 Å². The number of nitrogen functional groups attached to an aromatic ring is 1. The number of halogens is 1. The van der Waals surface area contributed by atoms with Crippen LogP contribution >= 0.6 is 11.6 Å². The predicted octanol–water partition coefficient (Wildman–Crippen LogP) is -1.53. The highest BCUT2D eigenvalue weighted by molar-refractivity contribution is 6.27. The zero-order chi connectivity index (χ0) is 14.9. The fraction of sp³-hybridized carbons (Fsp3) is 0.545. The number of hydrogen-bond acceptors (Lipinski definition) is 7. The molecule has 108 valence electrons. The Hall–Kier alpha value is -1.66. The summed E-state index contributed by atoms with van der Waals surface area (Å²) in [6.45, 7) is 1.06. The summed E-state index contributed by atoms with van der Waals surface area (Å²) in [6, 6.07) is 0. The maximum atomic E-state index is 11.8. The Morgan fingerprint density at radius 2 is 2.40 bits per heavy atom. The molecule has 0 saturated carbocycles. The molecule has 1 aromatic heterocycles. The van der Waals surface area contributed by atoms with Gasteiger partial charge in [-0.3, -0.25) is 4.57 Å². The molecule has 20 heavy (non-hydrogen) atoms. The number of ether oxygens (including phenoxy) is 1. The Kier molecular flexibility index (Phi) is 3.96. The van der Waals surface area contributed by atoms with Gasteiger partial charge in [-0.2, -0.15) is 4.98 Å². The molecule has 2 heterocycles. The molecule has 1 aliphatic rings. The average molecular weight is 301 g/mol. The summed E-state index contributed by atoms with van der Waals surface area (Å²) < 4.78 is 6.38. The molecule has 9 heteroatoms. The number of aliphatic hydroxyl groups is 2. The van der Waals surface area contributed by atoms with Gasteiger partial charge in [-0.15, -0.1) is 5.92 Å². The largest absolute Gasteiger partial charge is 0.394 e. The summed E-state index contributed by atoms with van der Waals surface area (Å²) in [7, 11) is 0. The Morgan fingerprint density at radius 3 is 2.95 bits per heavy atom. The Bertz CT molecular complexity index is 625. The van der Waals surface area contributed by atoms with Gasteiger partial charge in [0.2, 0.25) is 5.95 Å². The van der Waals surface area contributed by atoms with Crippen molar-refractivity contribution in [3.8, 4) is 11.8 Å². The molecular weight excluding hydrogens is 288 g/mol. The maximum Gasteiger partial charge on any atom is 0.354 e. The van der Waals surface area contributed by atoms with Crippen molar-refractivity contribution in [2.45, 2.75) is 30.2 Å². The van der Waals surface area contributed by atoms with Crippen LogP contribution in [0.1, 0.15) is 13.2 Å². The highest BCUT2D eigenvalue weighted by Gasteiger charge is 2.55. The van der Waals surface area contributed by atoms with E-state index in [1.165, 1.54) is 6.92 Å². The third kappa shape index (κ3) is 2.25. The topological polar surface area (TPSA) is 123 Å². The normalized spacial score (nSPS) is 32.7. The number of aromatic nitrogens is 3. The SMILES string of the molecule is CC#C[C@@]1(Cl)C(O)[C@@H](CO)O[C@H]1n1cnc(N)nc1=O. The molecule has 0 aliphatic carbocycles. The smallest absolute Gasteiger partial charge is 0.354 e. The standard InChI is InChI=1S/C11H13ClN4O4/c1-2-3-11(12)7(18)6(4-17)20-8(11)16-5-14-9(13)15-10(16)19/h5-8,17-18H,4H2,1H3,(H2,13,15,19)/t6-,7?,8-,11-/m1/s1. The van der Waals surface area contributed by atoms with E-state index >= 15 is 0 Å². The van der Waals surface area contributed by atoms with E-state index < -0.39 is 35.6 Å². The molecule has 0 radical (unpaired) electrons. The van der Waals surface area contributed by atoms with Crippen molar-refractivity contribution in [2.24, 2.45) is 0 Å². The fourth-order valence-electron chi connectivity index (χ4n) is 2.01. The summed E-state index contributed by atoms with van der Waals surface area (Å²) in [5.41, 5.74) is 4.57. The number of rotatable bonds is 2. The molecule has 2 rings (SSSR count). The third-order valence-electron chi connectivity index (χ3n) is 2.94. The molecule has 1 aromatic rings. The lowest BCUT2D eigenvalue weighted by molar-refractivity contribution is -0.0467. The summed E-state index contributed by atoms with van der Waals surface area (Å²) in [6.07, 6.45) is -2.29. The molecule has 1 fully saturated rings. The summed E-state index contributed by atoms with van der Waals surface area (Å²) in [5.74, 6) is 4.99. The Morgan fingerprint density at radius 1 is 1.70 bits per heavy atom. The van der Waals surface area contributed by atoms with Crippen molar-refractivity contribution in [3.63, 3.8) is 0 Å². The summed E-state index contributed by atoms with van der Waals surface area (Å²) in [5, 5.41) is 19.3. The first-order chi connectivity index (χ1) is 9.43. The number of alkyl halides is 1. The second-order valence-corrected chi connectivity index (χ2v) is 4.83. The molecule has 4 atom stereocenters. The summed E-state index contributed by atoms with van der Waals surface area (Å²) in [4.78, 5) is 17.4. The molecule has 8 nitrogen and oxygen atoms in total. The lowest BCUT2D eigenvalue weighted by Gasteiger charge is -2.25. The van der Waals surface area contributed by atoms with E-state index in [0.29, 0.717) is 0 Å². The van der Waals surface area contributed by atoms with E-state index in [-0.39, 0.29) is 5.95 Å². The minimum atomic E-state index is -1.59. The van der Waals surface area contributed by atoms with Gasteiger partial charge >= 0.3 is 5.69 Å². The first kappa shape index (κ1) is 14.7. The van der Waals surface area contributed by atoms with Crippen LogP contribution in [-0.4, -0.2) is 48.4 Å². The first-order valence-corrected chi connectivity index (χ1v) is 6.09. The van der Waals surface area contributed by atoms with Gasteiger partial charge in [-0.05, 0) is 6.92 Å². The van der Waals surface area contributed by atoms with Gasteiger partial charge in [-0.25, -0.2) is 9.78 Å². The van der Waals surface area contributed by atoms with Crippen LogP contribution in [0.2, 0.25) is 0 Å². The fourth-order valence-corrected chi connectivity index (χ4v) is 2.40. The van der Waals surface area contributed by atoms with Crippen LogP contribution in [0.3, 0.4) is 0 Å². The van der Waals surface area contributed by atoms with Crippen LogP contribution in [-0.2, 0) is 4.74 Å². The van der Waals surface area contributed by atoms with Crippen LogP contribution in [0.25, 0.3) is 0 Å². The van der Waals surface area contributed by atoms with Gasteiger partial charge < -0.3 is 20.7 Å². The van der Waals surface area contributed by atoms with Gasteiger partial charge in [0.1, 0.15) is 18.5 Å². The second-order valence-electron chi connectivity index (χ2n) is 4.20. The minimum absolute atomic E-state index is 0.190. The zero-order valence-electron chi connectivity index (χ0n) is 10.5. The van der Waals surface area contributed by atoms with Gasteiger partial charge in [0.15, 0.2) is 11.1 Å². The highest BCUT2D eigenvalue weighted by Crippen LogP contribution is 2.42. The number of nitrogens with two attached hydrogens (primary N) is 1. The molecule has 1 unspecified atom stereocenters. The molecule has 0 bridgehead atoms. The Balaban J connectivity index is 2.52. The van der Waals surface area contributed by atoms with Crippen LogP contribution in [0, 0.1) is 11.8 Å². The average Bonchev–Trinajstić information content (AvgIpc) is 2.63. The predicted molar refractivity (Wildman–Crippen MR) is 69.7 cm³/mol. The molecule has 1 saturated heterocycles. The summed E-state index contributed by atoms with van der Waals surface area (Å²) >= 11 is 6.30. The van der Waals surface area contributed by atoms with Crippen molar-refractivity contribution in [1.29, 1.82) is 0 Å². The molecule has 0 spiro atoms. The Labute approximate surface area is 119 Å². The van der Waals surface area contributed by atoms with Crippen LogP contribution in [0.5, 0.6) is 0 Å². The molecule has 0 aromatic carbocycles. The molecule has 1 aliphatic heterocycles. The van der Waals surface area contributed by atoms with E-state index in [0.717, 1.165) is 10.9 Å². The van der Waals surface area contributed by atoms with Gasteiger partial charge in [-0.1, -0.05) is 17.5 Å². The maximum absolute atomic E-state index is 11.8. The highest BCUT2D eigenvalue weighted by atomic mass is 35.5. The van der Waals surface area contributed by atoms with Crippen molar-refractivity contribution in [1.82, 2.24) is 14.5 Å². The van der Waals surface area contributed by atoms with Gasteiger partial charge in [0.05, 0.1) is 6.61 Å². The van der Waals surface area contributed by atoms with E-state index in [9.17, 15) is 15.0 Å². The minimum Gasteiger partial charge on any atom is -0.394 e. The van der Waals surface area contributed by atoms with Crippen LogP contribution in [0.4, 0.5) is 5.95 Å². The van der Waals surface area contributed by atoms with E-state index in [1.54, 1.807) is 0 Å². The van der Waals surface area contributed by atoms with Crippen LogP contribution < -0.4 is 11.4 Å². The van der Waals surface area contributed by atoms with Crippen molar-refractivity contribution >= 4 is 17.5 Å². The van der Waals surface area contributed by atoms with Gasteiger partial charge in [0, 0.05) is 0 Å². The number of nitrogens with zero attached hydrogens (tertiary/aromatic N) is 3. The number of aliphatic hydroxyl groups excluding tert-OH is 2. The molecule has 0 amide bonds. The van der Waals surface area contributed by atoms with Crippen molar-refractivity contribution in [2.75, 3.05) is 12.3 Å². The lowest BCUT2D eigenvalue weighted by atomic mass is 9.99. The van der Waals surface area contributed by atoms with Gasteiger partial charge in [0.25, 0.3) is 0 Å². The lowest BCUT2D eigenvalue weighted by Crippen LogP contribution is -2.43. The van der Waals surface area contributed by atoms with Crippen molar-refractivity contribution in [3.05, 3.63) is 16.8 Å². The van der Waals surface area contributed by atoms with E-state index in [1.807, 2.05) is 0 Å². The monoisotopic (exact) mass is 300 g/mol. The van der Waals surface area contributed by atoms with E-state index in [2.05, 4.69) is 21.8 Å². The van der Waals surface area contributed by atoms with Crippen LogP contribution in [0.15, 0.2) is 11.1 Å². The number of anilines is 1. The molecular formula is C11H13ClN4O4. The second kappa shape index (κ2) is 5.38. The quantitative estimate of drug-likeness (QED) is 0.447.